The molecule has 0 aromatic carbocycles. The van der Waals surface area contributed by atoms with Gasteiger partial charge in [0.15, 0.2) is 0 Å². The molecule has 1 aliphatic rings. The lowest BCUT2D eigenvalue weighted by atomic mass is 10.0. The maximum absolute atomic E-state index is 13.0. The third-order valence-electron chi connectivity index (χ3n) is 4.62. The molecule has 1 amide bonds. The molecule has 2 atom stereocenters. The van der Waals surface area contributed by atoms with Gasteiger partial charge in [0, 0.05) is 24.7 Å². The lowest BCUT2D eigenvalue weighted by Gasteiger charge is -2.36. The van der Waals surface area contributed by atoms with E-state index < -0.39 is 6.10 Å². The van der Waals surface area contributed by atoms with Crippen molar-refractivity contribution in [1.29, 1.82) is 0 Å². The zero-order chi connectivity index (χ0) is 18.0. The molecule has 0 aliphatic carbocycles. The van der Waals surface area contributed by atoms with Crippen LogP contribution in [0.4, 0.5) is 0 Å². The standard InChI is InChI=1S/C18H25N3O4/c1-12(2)21-13(3)15(10-19-21)18(23)20-6-8-24-11-14(20)9-16(22)17-5-4-7-25-17/h4-5,7,10,12,14,16,22H,6,8-9,11H2,1-3H3. The second kappa shape index (κ2) is 7.41. The van der Waals surface area contributed by atoms with E-state index in [1.54, 1.807) is 23.2 Å². The van der Waals surface area contributed by atoms with Gasteiger partial charge in [-0.15, -0.1) is 0 Å². The van der Waals surface area contributed by atoms with Crippen LogP contribution in [0.2, 0.25) is 0 Å². The molecule has 0 spiro atoms. The number of nitrogens with zero attached hydrogens (tertiary/aromatic N) is 3. The molecule has 2 unspecified atom stereocenters. The first kappa shape index (κ1) is 17.7. The zero-order valence-corrected chi connectivity index (χ0v) is 14.9. The van der Waals surface area contributed by atoms with Crippen molar-refractivity contribution in [3.8, 4) is 0 Å². The molecule has 1 fully saturated rings. The molecule has 2 aromatic rings. The number of hydrogen-bond donors (Lipinski definition) is 1. The Kier molecular flexibility index (Phi) is 5.24. The van der Waals surface area contributed by atoms with Gasteiger partial charge in [-0.1, -0.05) is 0 Å². The molecular weight excluding hydrogens is 322 g/mol. The van der Waals surface area contributed by atoms with Crippen LogP contribution in [-0.2, 0) is 4.74 Å². The fraction of sp³-hybridized carbons (Fsp3) is 0.556. The van der Waals surface area contributed by atoms with E-state index in [9.17, 15) is 9.90 Å². The predicted molar refractivity (Wildman–Crippen MR) is 91.3 cm³/mol. The summed E-state index contributed by atoms with van der Waals surface area (Å²) in [4.78, 5) is 14.8. The van der Waals surface area contributed by atoms with Gasteiger partial charge in [-0.25, -0.2) is 0 Å². The Balaban J connectivity index is 1.77. The largest absolute Gasteiger partial charge is 0.467 e. The smallest absolute Gasteiger partial charge is 0.257 e. The Morgan fingerprint density at radius 1 is 1.48 bits per heavy atom. The van der Waals surface area contributed by atoms with Gasteiger partial charge in [-0.2, -0.15) is 5.10 Å². The molecule has 3 rings (SSSR count). The van der Waals surface area contributed by atoms with E-state index in [0.717, 1.165) is 5.69 Å². The molecule has 1 N–H and O–H groups in total. The molecule has 7 heteroatoms. The van der Waals surface area contributed by atoms with Gasteiger partial charge in [0.05, 0.1) is 37.3 Å². The van der Waals surface area contributed by atoms with Crippen molar-refractivity contribution in [2.24, 2.45) is 0 Å². The highest BCUT2D eigenvalue weighted by molar-refractivity contribution is 5.95. The Morgan fingerprint density at radius 3 is 2.92 bits per heavy atom. The summed E-state index contributed by atoms with van der Waals surface area (Å²) >= 11 is 0. The number of carbonyl (C=O) groups excluding carboxylic acids is 1. The third kappa shape index (κ3) is 3.62. The van der Waals surface area contributed by atoms with Gasteiger partial charge in [0.25, 0.3) is 5.91 Å². The van der Waals surface area contributed by atoms with E-state index in [1.807, 2.05) is 25.5 Å². The summed E-state index contributed by atoms with van der Waals surface area (Å²) in [6.07, 6.45) is 2.77. The molecule has 0 radical (unpaired) electrons. The molecule has 1 aliphatic heterocycles. The van der Waals surface area contributed by atoms with Crippen LogP contribution >= 0.6 is 0 Å². The molecule has 1 saturated heterocycles. The Labute approximate surface area is 147 Å². The van der Waals surface area contributed by atoms with Crippen molar-refractivity contribution >= 4 is 5.91 Å². The Morgan fingerprint density at radius 2 is 2.28 bits per heavy atom. The first-order chi connectivity index (χ1) is 12.0. The fourth-order valence-corrected chi connectivity index (χ4v) is 3.28. The summed E-state index contributed by atoms with van der Waals surface area (Å²) in [7, 11) is 0. The average molecular weight is 347 g/mol. The molecular formula is C18H25N3O4. The average Bonchev–Trinajstić information content (AvgIpc) is 3.24. The van der Waals surface area contributed by atoms with Crippen LogP contribution in [0, 0.1) is 6.92 Å². The molecule has 2 aromatic heterocycles. The van der Waals surface area contributed by atoms with E-state index in [1.165, 1.54) is 6.26 Å². The molecule has 25 heavy (non-hydrogen) atoms. The SMILES string of the molecule is Cc1c(C(=O)N2CCOCC2CC(O)c2ccco2)cnn1C(C)C. The molecule has 0 saturated carbocycles. The number of ether oxygens (including phenoxy) is 1. The number of furan rings is 1. The Bertz CT molecular complexity index is 708. The van der Waals surface area contributed by atoms with Crippen LogP contribution in [0.25, 0.3) is 0 Å². The third-order valence-corrected chi connectivity index (χ3v) is 4.62. The number of aliphatic hydroxyl groups excluding tert-OH is 1. The maximum Gasteiger partial charge on any atom is 0.257 e. The van der Waals surface area contributed by atoms with E-state index in [2.05, 4.69) is 5.10 Å². The minimum atomic E-state index is -0.767. The molecule has 3 heterocycles. The minimum Gasteiger partial charge on any atom is -0.467 e. The summed E-state index contributed by atoms with van der Waals surface area (Å²) < 4.78 is 12.6. The first-order valence-corrected chi connectivity index (χ1v) is 8.63. The highest BCUT2D eigenvalue weighted by Gasteiger charge is 2.32. The summed E-state index contributed by atoms with van der Waals surface area (Å²) in [5.41, 5.74) is 1.46. The van der Waals surface area contributed by atoms with Gasteiger partial charge in [-0.05, 0) is 32.9 Å². The van der Waals surface area contributed by atoms with Gasteiger partial charge in [-0.3, -0.25) is 9.48 Å². The first-order valence-electron chi connectivity index (χ1n) is 8.63. The van der Waals surface area contributed by atoms with Crippen molar-refractivity contribution in [3.63, 3.8) is 0 Å². The summed E-state index contributed by atoms with van der Waals surface area (Å²) in [5.74, 6) is 0.436. The van der Waals surface area contributed by atoms with Crippen molar-refractivity contribution in [1.82, 2.24) is 14.7 Å². The number of morpholine rings is 1. The van der Waals surface area contributed by atoms with Crippen LogP contribution in [0.5, 0.6) is 0 Å². The summed E-state index contributed by atoms with van der Waals surface area (Å²) in [6.45, 7) is 7.38. The van der Waals surface area contributed by atoms with Crippen molar-refractivity contribution in [3.05, 3.63) is 41.6 Å². The van der Waals surface area contributed by atoms with Crippen molar-refractivity contribution in [2.75, 3.05) is 19.8 Å². The highest BCUT2D eigenvalue weighted by atomic mass is 16.5. The number of amides is 1. The Hall–Kier alpha value is -2.12. The summed E-state index contributed by atoms with van der Waals surface area (Å²) in [6, 6.07) is 3.46. The van der Waals surface area contributed by atoms with Crippen molar-refractivity contribution < 1.29 is 19.1 Å². The number of carbonyl (C=O) groups is 1. The van der Waals surface area contributed by atoms with Crippen LogP contribution in [-0.4, -0.2) is 51.5 Å². The lowest BCUT2D eigenvalue weighted by molar-refractivity contribution is -0.0196. The number of aromatic nitrogens is 2. The lowest BCUT2D eigenvalue weighted by Crippen LogP contribution is -2.49. The van der Waals surface area contributed by atoms with E-state index in [-0.39, 0.29) is 18.0 Å². The topological polar surface area (TPSA) is 80.7 Å². The van der Waals surface area contributed by atoms with Crippen LogP contribution < -0.4 is 0 Å². The van der Waals surface area contributed by atoms with E-state index in [0.29, 0.717) is 37.5 Å². The van der Waals surface area contributed by atoms with Crippen LogP contribution in [0.3, 0.4) is 0 Å². The van der Waals surface area contributed by atoms with E-state index >= 15 is 0 Å². The van der Waals surface area contributed by atoms with Gasteiger partial charge < -0.3 is 19.2 Å². The number of aliphatic hydroxyl groups is 1. The monoisotopic (exact) mass is 347 g/mol. The van der Waals surface area contributed by atoms with E-state index in [4.69, 9.17) is 9.15 Å². The fourth-order valence-electron chi connectivity index (χ4n) is 3.28. The van der Waals surface area contributed by atoms with Crippen LogP contribution in [0.1, 0.15) is 54.2 Å². The molecule has 7 nitrogen and oxygen atoms in total. The maximum atomic E-state index is 13.0. The second-order valence-corrected chi connectivity index (χ2v) is 6.68. The normalized spacial score (nSPS) is 19.4. The second-order valence-electron chi connectivity index (χ2n) is 6.68. The van der Waals surface area contributed by atoms with Gasteiger partial charge >= 0.3 is 0 Å². The highest BCUT2D eigenvalue weighted by Crippen LogP contribution is 2.25. The molecule has 136 valence electrons. The zero-order valence-electron chi connectivity index (χ0n) is 14.9. The van der Waals surface area contributed by atoms with Gasteiger partial charge in [0.1, 0.15) is 11.9 Å². The quantitative estimate of drug-likeness (QED) is 0.898. The number of hydrogen-bond acceptors (Lipinski definition) is 5. The predicted octanol–water partition coefficient (Wildman–Crippen LogP) is 2.33. The summed E-state index contributed by atoms with van der Waals surface area (Å²) in [5, 5.41) is 14.7. The van der Waals surface area contributed by atoms with Crippen LogP contribution in [0.15, 0.2) is 29.0 Å². The van der Waals surface area contributed by atoms with Crippen molar-refractivity contribution in [2.45, 2.75) is 45.4 Å². The minimum absolute atomic E-state index is 0.0654. The molecule has 0 bridgehead atoms. The van der Waals surface area contributed by atoms with Gasteiger partial charge in [0.2, 0.25) is 0 Å². The number of rotatable bonds is 5.